The quantitative estimate of drug-likeness (QED) is 0.876. The molecule has 1 aliphatic heterocycles. The molecule has 3 heterocycles. The first-order valence-corrected chi connectivity index (χ1v) is 6.91. The van der Waals surface area contributed by atoms with Gasteiger partial charge in [0.25, 0.3) is 0 Å². The molecule has 0 amide bonds. The fourth-order valence-corrected chi connectivity index (χ4v) is 2.34. The van der Waals surface area contributed by atoms with Crippen molar-refractivity contribution in [3.05, 3.63) is 35.7 Å². The van der Waals surface area contributed by atoms with Gasteiger partial charge in [0.15, 0.2) is 5.82 Å². The van der Waals surface area contributed by atoms with E-state index >= 15 is 0 Å². The van der Waals surface area contributed by atoms with E-state index in [9.17, 15) is 0 Å². The zero-order valence-electron chi connectivity index (χ0n) is 11.7. The van der Waals surface area contributed by atoms with Crippen LogP contribution in [-0.4, -0.2) is 39.4 Å². The van der Waals surface area contributed by atoms with E-state index in [0.717, 1.165) is 23.8 Å². The van der Waals surface area contributed by atoms with Gasteiger partial charge in [-0.25, -0.2) is 9.97 Å². The number of pyridine rings is 1. The van der Waals surface area contributed by atoms with Crippen LogP contribution in [-0.2, 0) is 11.2 Å². The van der Waals surface area contributed by atoms with Crippen molar-refractivity contribution >= 4 is 5.69 Å². The van der Waals surface area contributed by atoms with E-state index in [-0.39, 0.29) is 12.0 Å². The van der Waals surface area contributed by atoms with Crippen molar-refractivity contribution in [2.45, 2.75) is 25.3 Å². The Balaban J connectivity index is 1.73. The molecule has 2 aromatic heterocycles. The number of nitrogens with one attached hydrogen (secondary N) is 2. The van der Waals surface area contributed by atoms with E-state index in [1.165, 1.54) is 0 Å². The molecule has 0 aromatic carbocycles. The average molecular weight is 284 g/mol. The van der Waals surface area contributed by atoms with Gasteiger partial charge in [-0.2, -0.15) is 10.4 Å². The van der Waals surface area contributed by atoms with E-state index < -0.39 is 0 Å². The van der Waals surface area contributed by atoms with Gasteiger partial charge in [-0.3, -0.25) is 5.10 Å². The van der Waals surface area contributed by atoms with Gasteiger partial charge in [0, 0.05) is 6.42 Å². The summed E-state index contributed by atoms with van der Waals surface area (Å²) in [5, 5.41) is 19.3. The molecule has 1 saturated heterocycles. The highest BCUT2D eigenvalue weighted by molar-refractivity contribution is 5.44. The third-order valence-corrected chi connectivity index (χ3v) is 3.53. The lowest BCUT2D eigenvalue weighted by Crippen LogP contribution is -2.27. The molecular formula is C14H16N6O. The van der Waals surface area contributed by atoms with Crippen LogP contribution in [0.15, 0.2) is 18.3 Å². The minimum Gasteiger partial charge on any atom is -0.378 e. The largest absolute Gasteiger partial charge is 0.378 e. The van der Waals surface area contributed by atoms with Crippen molar-refractivity contribution in [3.63, 3.8) is 0 Å². The lowest BCUT2D eigenvalue weighted by atomic mass is 10.0. The molecule has 0 radical (unpaired) electrons. The summed E-state index contributed by atoms with van der Waals surface area (Å²) in [5.74, 6) is 1.77. The number of hydrogen-bond acceptors (Lipinski definition) is 6. The molecule has 7 heteroatoms. The number of nitriles is 1. The monoisotopic (exact) mass is 284 g/mol. The molecule has 0 unspecified atom stereocenters. The second kappa shape index (κ2) is 5.89. The molecule has 1 aliphatic rings. The summed E-state index contributed by atoms with van der Waals surface area (Å²) in [6.45, 7) is 3.23. The number of rotatable bonds is 4. The van der Waals surface area contributed by atoms with Crippen LogP contribution in [0.1, 0.15) is 30.2 Å². The predicted molar refractivity (Wildman–Crippen MR) is 75.7 cm³/mol. The molecule has 21 heavy (non-hydrogen) atoms. The number of hydrogen-bond donors (Lipinski definition) is 2. The summed E-state index contributed by atoms with van der Waals surface area (Å²) >= 11 is 0. The molecule has 0 spiro atoms. The molecule has 2 aromatic rings. The first-order valence-electron chi connectivity index (χ1n) is 6.91. The maximum absolute atomic E-state index is 8.76. The van der Waals surface area contributed by atoms with Gasteiger partial charge in [-0.05, 0) is 12.1 Å². The first-order chi connectivity index (χ1) is 10.3. The van der Waals surface area contributed by atoms with E-state index in [2.05, 4.69) is 25.5 Å². The van der Waals surface area contributed by atoms with E-state index in [1.807, 2.05) is 19.1 Å². The van der Waals surface area contributed by atoms with Crippen molar-refractivity contribution in [1.29, 1.82) is 5.26 Å². The van der Waals surface area contributed by atoms with Gasteiger partial charge in [0.2, 0.25) is 0 Å². The van der Waals surface area contributed by atoms with Crippen molar-refractivity contribution in [2.24, 2.45) is 0 Å². The van der Waals surface area contributed by atoms with Crippen LogP contribution in [0.2, 0.25) is 0 Å². The summed E-state index contributed by atoms with van der Waals surface area (Å²) in [4.78, 5) is 8.54. The summed E-state index contributed by atoms with van der Waals surface area (Å²) in [6, 6.07) is 5.63. The van der Waals surface area contributed by atoms with Crippen LogP contribution in [0.3, 0.4) is 0 Å². The number of aromatic amines is 1. The fourth-order valence-electron chi connectivity index (χ4n) is 2.34. The molecule has 0 saturated carbocycles. The summed E-state index contributed by atoms with van der Waals surface area (Å²) in [7, 11) is 0. The van der Waals surface area contributed by atoms with Crippen molar-refractivity contribution < 1.29 is 4.74 Å². The summed E-state index contributed by atoms with van der Waals surface area (Å²) < 4.78 is 5.55. The third kappa shape index (κ3) is 2.85. The minimum absolute atomic E-state index is 0.0974. The molecule has 108 valence electrons. The average Bonchev–Trinajstić information content (AvgIpc) is 3.16. The number of ether oxygens (including phenoxy) is 1. The zero-order chi connectivity index (χ0) is 14.7. The van der Waals surface area contributed by atoms with E-state index in [0.29, 0.717) is 18.9 Å². The van der Waals surface area contributed by atoms with Gasteiger partial charge in [-0.1, -0.05) is 6.92 Å². The summed E-state index contributed by atoms with van der Waals surface area (Å²) in [6.07, 6.45) is 2.49. The number of aryl methyl sites for hydroxylation is 1. The van der Waals surface area contributed by atoms with Crippen LogP contribution in [0.4, 0.5) is 5.69 Å². The molecular weight excluding hydrogens is 268 g/mol. The molecule has 3 rings (SSSR count). The van der Waals surface area contributed by atoms with Gasteiger partial charge >= 0.3 is 0 Å². The number of anilines is 1. The summed E-state index contributed by atoms with van der Waals surface area (Å²) in [5.41, 5.74) is 1.27. The van der Waals surface area contributed by atoms with Crippen molar-refractivity contribution in [1.82, 2.24) is 20.2 Å². The Kier molecular flexibility index (Phi) is 3.79. The zero-order valence-corrected chi connectivity index (χ0v) is 11.7. The SMILES string of the molecule is CCc1nc([C@@H]2COC[C@@H]2Nc2ccc(C#N)nc2)n[nH]1. The van der Waals surface area contributed by atoms with Gasteiger partial charge < -0.3 is 10.1 Å². The topological polar surface area (TPSA) is 99.5 Å². The molecule has 1 fully saturated rings. The normalized spacial score (nSPS) is 21.1. The Morgan fingerprint density at radius 1 is 1.48 bits per heavy atom. The van der Waals surface area contributed by atoms with Crippen molar-refractivity contribution in [2.75, 3.05) is 18.5 Å². The number of nitrogens with zero attached hydrogens (tertiary/aromatic N) is 4. The Bertz CT molecular complexity index is 644. The van der Waals surface area contributed by atoms with E-state index in [1.54, 1.807) is 12.3 Å². The number of H-pyrrole nitrogens is 1. The number of aromatic nitrogens is 4. The third-order valence-electron chi connectivity index (χ3n) is 3.53. The second-order valence-corrected chi connectivity index (χ2v) is 4.93. The van der Waals surface area contributed by atoms with Gasteiger partial charge in [0.1, 0.15) is 17.6 Å². The Morgan fingerprint density at radius 3 is 3.05 bits per heavy atom. The maximum atomic E-state index is 8.76. The molecule has 7 nitrogen and oxygen atoms in total. The standard InChI is InChI=1S/C14H16N6O/c1-2-13-18-14(20-19-13)11-7-21-8-12(11)17-10-4-3-9(5-15)16-6-10/h3-4,6,11-12,17H,2,7-8H2,1H3,(H,18,19,20)/t11-,12+/m1/s1. The predicted octanol–water partition coefficient (Wildman–Crippen LogP) is 1.23. The lowest BCUT2D eigenvalue weighted by Gasteiger charge is -2.17. The first kappa shape index (κ1) is 13.5. The van der Waals surface area contributed by atoms with Gasteiger partial charge in [-0.15, -0.1) is 0 Å². The van der Waals surface area contributed by atoms with Crippen LogP contribution >= 0.6 is 0 Å². The second-order valence-electron chi connectivity index (χ2n) is 4.93. The maximum Gasteiger partial charge on any atom is 0.158 e. The van der Waals surface area contributed by atoms with Crippen molar-refractivity contribution in [3.8, 4) is 6.07 Å². The molecule has 2 atom stereocenters. The van der Waals surface area contributed by atoms with Crippen LogP contribution in [0.25, 0.3) is 0 Å². The van der Waals surface area contributed by atoms with Crippen LogP contribution < -0.4 is 5.32 Å². The smallest absolute Gasteiger partial charge is 0.158 e. The minimum atomic E-state index is 0.0974. The highest BCUT2D eigenvalue weighted by Gasteiger charge is 2.32. The molecule has 0 aliphatic carbocycles. The van der Waals surface area contributed by atoms with Crippen LogP contribution in [0, 0.1) is 11.3 Å². The van der Waals surface area contributed by atoms with E-state index in [4.69, 9.17) is 10.00 Å². The van der Waals surface area contributed by atoms with Crippen LogP contribution in [0.5, 0.6) is 0 Å². The Morgan fingerprint density at radius 2 is 2.38 bits per heavy atom. The highest BCUT2D eigenvalue weighted by atomic mass is 16.5. The lowest BCUT2D eigenvalue weighted by molar-refractivity contribution is 0.191. The highest BCUT2D eigenvalue weighted by Crippen LogP contribution is 2.26. The fraction of sp³-hybridized carbons (Fsp3) is 0.429. The molecule has 0 bridgehead atoms. The molecule has 2 N–H and O–H groups in total. The van der Waals surface area contributed by atoms with Gasteiger partial charge in [0.05, 0.1) is 37.1 Å². The Hall–Kier alpha value is -2.46. The Labute approximate surface area is 122 Å².